The van der Waals surface area contributed by atoms with Gasteiger partial charge >= 0.3 is 0 Å². The Balaban J connectivity index is 2.92. The number of fused-ring (bicyclic) bond motifs is 1. The second kappa shape index (κ2) is 2.13. The molecule has 0 aliphatic heterocycles. The van der Waals surface area contributed by atoms with Crippen LogP contribution in [0.15, 0.2) is 34.9 Å². The lowest BCUT2D eigenvalue weighted by Crippen LogP contribution is -1.62. The van der Waals surface area contributed by atoms with E-state index in [2.05, 4.69) is 20.9 Å². The lowest BCUT2D eigenvalue weighted by molar-refractivity contribution is 1.41. The summed E-state index contributed by atoms with van der Waals surface area (Å²) in [6.07, 6.45) is 0. The fourth-order valence-corrected chi connectivity index (χ4v) is 1.40. The molecule has 0 unspecified atom stereocenters. The van der Waals surface area contributed by atoms with Crippen LogP contribution >= 0.6 is 15.9 Å². The van der Waals surface area contributed by atoms with Crippen LogP contribution in [0, 0.1) is 0 Å². The van der Waals surface area contributed by atoms with Crippen LogP contribution in [0.4, 0.5) is 0 Å². The number of aromatic nitrogens is 1. The summed E-state index contributed by atoms with van der Waals surface area (Å²) in [6.45, 7) is 0. The molecule has 0 aliphatic carbocycles. The maximum Gasteiger partial charge on any atom is 0.0830 e. The average molecular weight is 197 g/mol. The molecule has 1 N–H and O–H groups in total. The summed E-state index contributed by atoms with van der Waals surface area (Å²) in [5, 5.41) is 0.958. The molecule has 0 saturated heterocycles. The van der Waals surface area contributed by atoms with E-state index in [0.29, 0.717) is 6.04 Å². The van der Waals surface area contributed by atoms with Crippen LogP contribution in [0.2, 0.25) is 0 Å². The Morgan fingerprint density at radius 3 is 3.00 bits per heavy atom. The van der Waals surface area contributed by atoms with Gasteiger partial charge in [0.2, 0.25) is 0 Å². The highest BCUT2D eigenvalue weighted by Gasteiger charge is 1.93. The normalized spacial score (nSPS) is 11.9. The number of H-pyrrole nitrogens is 1. The monoisotopic (exact) mass is 196 g/mol. The van der Waals surface area contributed by atoms with E-state index in [9.17, 15) is 0 Å². The number of aromatic amines is 1. The van der Waals surface area contributed by atoms with Crippen molar-refractivity contribution in [2.45, 2.75) is 0 Å². The van der Waals surface area contributed by atoms with Crippen molar-refractivity contribution in [3.63, 3.8) is 0 Å². The highest BCUT2D eigenvalue weighted by Crippen LogP contribution is 2.17. The Hall–Kier alpha value is -0.760. The third-order valence-electron chi connectivity index (χ3n) is 1.42. The zero-order valence-corrected chi connectivity index (χ0v) is 6.77. The third-order valence-corrected chi connectivity index (χ3v) is 1.81. The minimum absolute atomic E-state index is 0.528. The van der Waals surface area contributed by atoms with Crippen molar-refractivity contribution in [1.29, 1.82) is 0 Å². The topological polar surface area (TPSA) is 15.8 Å². The van der Waals surface area contributed by atoms with E-state index in [1.54, 1.807) is 0 Å². The van der Waals surface area contributed by atoms with Gasteiger partial charge in [-0.15, -0.1) is 0 Å². The minimum Gasteiger partial charge on any atom is -0.349 e. The van der Waals surface area contributed by atoms with E-state index < -0.39 is 0 Å². The molecule has 0 fully saturated rings. The van der Waals surface area contributed by atoms with Crippen LogP contribution in [-0.4, -0.2) is 4.98 Å². The summed E-state index contributed by atoms with van der Waals surface area (Å²) in [7, 11) is 0. The van der Waals surface area contributed by atoms with Gasteiger partial charge < -0.3 is 4.98 Å². The SMILES string of the molecule is [2H]c1c(Br)[nH]c2ccccc12. The molecule has 1 nitrogen and oxygen atoms in total. The number of benzene rings is 1. The molecule has 0 atom stereocenters. The molecule has 0 aliphatic rings. The zero-order chi connectivity index (χ0) is 7.84. The van der Waals surface area contributed by atoms with Crippen molar-refractivity contribution in [3.8, 4) is 0 Å². The highest BCUT2D eigenvalue weighted by molar-refractivity contribution is 9.10. The summed E-state index contributed by atoms with van der Waals surface area (Å²) in [5.74, 6) is 0. The molecule has 0 saturated carbocycles. The van der Waals surface area contributed by atoms with Crippen LogP contribution < -0.4 is 0 Å². The molecular formula is C8H6BrN. The number of hydrogen-bond acceptors (Lipinski definition) is 0. The van der Waals surface area contributed by atoms with Gasteiger partial charge in [-0.1, -0.05) is 18.2 Å². The van der Waals surface area contributed by atoms with E-state index in [1.165, 1.54) is 0 Å². The van der Waals surface area contributed by atoms with Crippen LogP contribution in [0.3, 0.4) is 0 Å². The van der Waals surface area contributed by atoms with E-state index in [-0.39, 0.29) is 0 Å². The van der Waals surface area contributed by atoms with Crippen LogP contribution in [0.25, 0.3) is 10.9 Å². The van der Waals surface area contributed by atoms with Gasteiger partial charge in [0.1, 0.15) is 0 Å². The van der Waals surface area contributed by atoms with E-state index in [4.69, 9.17) is 1.37 Å². The Bertz CT molecular complexity index is 394. The minimum atomic E-state index is 0.528. The first-order valence-electron chi connectivity index (χ1n) is 3.52. The summed E-state index contributed by atoms with van der Waals surface area (Å²) >= 11 is 3.27. The van der Waals surface area contributed by atoms with Crippen molar-refractivity contribution >= 4 is 26.8 Å². The number of rotatable bonds is 0. The Labute approximate surface area is 68.6 Å². The number of nitrogens with one attached hydrogen (secondary N) is 1. The smallest absolute Gasteiger partial charge is 0.0830 e. The molecule has 0 spiro atoms. The molecule has 1 aromatic carbocycles. The van der Waals surface area contributed by atoms with Crippen molar-refractivity contribution in [1.82, 2.24) is 4.98 Å². The molecule has 2 heteroatoms. The Morgan fingerprint density at radius 2 is 2.20 bits per heavy atom. The first-order chi connectivity index (χ1) is 5.29. The summed E-state index contributed by atoms with van der Waals surface area (Å²) in [5.41, 5.74) is 1.00. The first kappa shape index (κ1) is 4.97. The molecule has 10 heavy (non-hydrogen) atoms. The van der Waals surface area contributed by atoms with Crippen LogP contribution in [0.1, 0.15) is 1.37 Å². The zero-order valence-electron chi connectivity index (χ0n) is 6.19. The number of halogens is 1. The fraction of sp³-hybridized carbons (Fsp3) is 0. The molecule has 0 bridgehead atoms. The quantitative estimate of drug-likeness (QED) is 0.668. The van der Waals surface area contributed by atoms with Crippen LogP contribution in [-0.2, 0) is 0 Å². The standard InChI is InChI=1S/C8H6BrN/c9-8-5-6-3-1-2-4-7(6)10-8/h1-5,10H/i5D. The van der Waals surface area contributed by atoms with Crippen molar-refractivity contribution < 1.29 is 1.37 Å². The van der Waals surface area contributed by atoms with Gasteiger partial charge in [-0.2, -0.15) is 0 Å². The van der Waals surface area contributed by atoms with Gasteiger partial charge in [-0.05, 0) is 28.0 Å². The van der Waals surface area contributed by atoms with Crippen molar-refractivity contribution in [2.24, 2.45) is 0 Å². The van der Waals surface area contributed by atoms with Gasteiger partial charge in [0.25, 0.3) is 0 Å². The molecule has 0 radical (unpaired) electrons. The van der Waals surface area contributed by atoms with E-state index in [0.717, 1.165) is 15.5 Å². The molecular weight excluding hydrogens is 190 g/mol. The maximum atomic E-state index is 7.59. The largest absolute Gasteiger partial charge is 0.349 e. The average Bonchev–Trinajstić information content (AvgIpc) is 2.30. The summed E-state index contributed by atoms with van der Waals surface area (Å²) < 4.78 is 8.34. The third kappa shape index (κ3) is 0.847. The molecule has 50 valence electrons. The van der Waals surface area contributed by atoms with Crippen molar-refractivity contribution in [3.05, 3.63) is 34.9 Å². The van der Waals surface area contributed by atoms with Gasteiger partial charge in [0.15, 0.2) is 0 Å². The molecule has 1 aromatic heterocycles. The first-order valence-corrected chi connectivity index (χ1v) is 3.81. The lowest BCUT2D eigenvalue weighted by atomic mass is 10.3. The molecule has 1 heterocycles. The molecule has 2 rings (SSSR count). The predicted octanol–water partition coefficient (Wildman–Crippen LogP) is 2.93. The maximum absolute atomic E-state index is 7.59. The Morgan fingerprint density at radius 1 is 1.40 bits per heavy atom. The summed E-state index contributed by atoms with van der Waals surface area (Å²) in [4.78, 5) is 3.06. The molecule has 2 aromatic rings. The highest BCUT2D eigenvalue weighted by atomic mass is 79.9. The molecule has 0 amide bonds. The van der Waals surface area contributed by atoms with E-state index >= 15 is 0 Å². The number of hydrogen-bond donors (Lipinski definition) is 1. The second-order valence-corrected chi connectivity index (χ2v) is 2.90. The van der Waals surface area contributed by atoms with Gasteiger partial charge in [0.05, 0.1) is 5.97 Å². The fourth-order valence-electron chi connectivity index (χ4n) is 0.969. The predicted molar refractivity (Wildman–Crippen MR) is 46.0 cm³/mol. The van der Waals surface area contributed by atoms with Crippen LogP contribution in [0.5, 0.6) is 0 Å². The van der Waals surface area contributed by atoms with Gasteiger partial charge in [-0.3, -0.25) is 0 Å². The number of para-hydroxylation sites is 1. The summed E-state index contributed by atoms with van der Waals surface area (Å²) in [6, 6.07) is 8.29. The van der Waals surface area contributed by atoms with E-state index in [1.807, 2.05) is 24.3 Å². The van der Waals surface area contributed by atoms with Gasteiger partial charge in [-0.25, -0.2) is 0 Å². The second-order valence-electron chi connectivity index (χ2n) is 2.11. The lowest BCUT2D eigenvalue weighted by Gasteiger charge is -1.83. The van der Waals surface area contributed by atoms with Gasteiger partial charge in [0, 0.05) is 10.9 Å². The Kier molecular flexibility index (Phi) is 1.06. The van der Waals surface area contributed by atoms with Crippen molar-refractivity contribution in [2.75, 3.05) is 0 Å².